The molecule has 0 aliphatic carbocycles. The Morgan fingerprint density at radius 1 is 1.17 bits per heavy atom. The van der Waals surface area contributed by atoms with Crippen LogP contribution in [0.15, 0.2) is 29.3 Å². The third-order valence-electron chi connectivity index (χ3n) is 2.75. The number of fused-ring (bicyclic) bond motifs is 1. The molecule has 0 aromatic heterocycles. The van der Waals surface area contributed by atoms with Crippen LogP contribution in [0.1, 0.15) is 11.6 Å². The Bertz CT molecular complexity index is 422. The molecule has 1 heterocycles. The molecule has 1 aliphatic heterocycles. The van der Waals surface area contributed by atoms with Crippen molar-refractivity contribution in [1.82, 2.24) is 9.80 Å². The smallest absolute Gasteiger partial charge is 0.196 e. The third kappa shape index (κ3) is 3.07. The number of para-hydroxylation sites is 1. The van der Waals surface area contributed by atoms with Gasteiger partial charge >= 0.3 is 0 Å². The van der Waals surface area contributed by atoms with Gasteiger partial charge in [-0.3, -0.25) is 0 Å². The van der Waals surface area contributed by atoms with E-state index in [1.165, 1.54) is 5.56 Å². The summed E-state index contributed by atoms with van der Waals surface area (Å²) in [5.41, 5.74) is 1.17. The summed E-state index contributed by atoms with van der Waals surface area (Å²) in [6, 6.07) is 8.20. The van der Waals surface area contributed by atoms with Crippen LogP contribution < -0.4 is 4.74 Å². The van der Waals surface area contributed by atoms with Crippen LogP contribution in [0, 0.1) is 0 Å². The standard InChI is InChI=1S/C13H19N3O.HI/c1-15(2)13(16(3)4)14-11-9-17-12-8-6-5-7-10(11)12;/h5-8,11H,9H2,1-4H3;1H. The van der Waals surface area contributed by atoms with Crippen molar-refractivity contribution in [1.29, 1.82) is 0 Å². The summed E-state index contributed by atoms with van der Waals surface area (Å²) in [5.74, 6) is 1.91. The van der Waals surface area contributed by atoms with E-state index < -0.39 is 0 Å². The quantitative estimate of drug-likeness (QED) is 0.436. The van der Waals surface area contributed by atoms with Gasteiger partial charge in [0.05, 0.1) is 0 Å². The zero-order chi connectivity index (χ0) is 12.4. The minimum absolute atomic E-state index is 0. The Morgan fingerprint density at radius 3 is 2.39 bits per heavy atom. The van der Waals surface area contributed by atoms with Crippen LogP contribution in [0.5, 0.6) is 5.75 Å². The molecule has 2 rings (SSSR count). The van der Waals surface area contributed by atoms with Gasteiger partial charge in [-0.15, -0.1) is 24.0 Å². The highest BCUT2D eigenvalue weighted by molar-refractivity contribution is 14.0. The average Bonchev–Trinajstić information content (AvgIpc) is 2.68. The van der Waals surface area contributed by atoms with E-state index in [0.29, 0.717) is 6.61 Å². The molecule has 1 aromatic rings. The summed E-state index contributed by atoms with van der Waals surface area (Å²) < 4.78 is 5.63. The van der Waals surface area contributed by atoms with Crippen molar-refractivity contribution < 1.29 is 4.74 Å². The Morgan fingerprint density at radius 2 is 1.78 bits per heavy atom. The number of guanidine groups is 1. The molecule has 0 amide bonds. The fraction of sp³-hybridized carbons (Fsp3) is 0.462. The number of aliphatic imine (C=N–C) groups is 1. The maximum absolute atomic E-state index is 5.63. The molecule has 4 nitrogen and oxygen atoms in total. The number of ether oxygens (including phenoxy) is 1. The van der Waals surface area contributed by atoms with Gasteiger partial charge in [-0.1, -0.05) is 18.2 Å². The maximum atomic E-state index is 5.63. The summed E-state index contributed by atoms with van der Waals surface area (Å²) >= 11 is 0. The lowest BCUT2D eigenvalue weighted by atomic mass is 10.1. The minimum atomic E-state index is 0. The van der Waals surface area contributed by atoms with Gasteiger partial charge in [0.15, 0.2) is 5.96 Å². The van der Waals surface area contributed by atoms with E-state index in [4.69, 9.17) is 9.73 Å². The Kier molecular flexibility index (Phi) is 5.25. The van der Waals surface area contributed by atoms with Gasteiger partial charge in [0.25, 0.3) is 0 Å². The molecule has 0 saturated carbocycles. The van der Waals surface area contributed by atoms with Crippen molar-refractivity contribution in [3.63, 3.8) is 0 Å². The van der Waals surface area contributed by atoms with Crippen molar-refractivity contribution in [2.45, 2.75) is 6.04 Å². The zero-order valence-electron chi connectivity index (χ0n) is 11.3. The van der Waals surface area contributed by atoms with E-state index in [1.807, 2.05) is 56.2 Å². The van der Waals surface area contributed by atoms with Crippen molar-refractivity contribution in [2.75, 3.05) is 34.8 Å². The van der Waals surface area contributed by atoms with Gasteiger partial charge in [0.2, 0.25) is 0 Å². The molecule has 1 aromatic carbocycles. The van der Waals surface area contributed by atoms with Crippen LogP contribution >= 0.6 is 24.0 Å². The summed E-state index contributed by atoms with van der Waals surface area (Å²) in [5, 5.41) is 0. The molecule has 1 atom stereocenters. The number of benzene rings is 1. The van der Waals surface area contributed by atoms with Crippen LogP contribution in [-0.4, -0.2) is 50.6 Å². The van der Waals surface area contributed by atoms with Crippen LogP contribution in [0.25, 0.3) is 0 Å². The van der Waals surface area contributed by atoms with Crippen molar-refractivity contribution in [3.05, 3.63) is 29.8 Å². The molecule has 1 unspecified atom stereocenters. The normalized spacial score (nSPS) is 16.1. The fourth-order valence-electron chi connectivity index (χ4n) is 2.02. The molecular weight excluding hydrogens is 341 g/mol. The second kappa shape index (κ2) is 6.26. The largest absolute Gasteiger partial charge is 0.491 e. The molecule has 0 saturated heterocycles. The first-order chi connectivity index (χ1) is 8.09. The van der Waals surface area contributed by atoms with Gasteiger partial charge in [-0.2, -0.15) is 0 Å². The Hall–Kier alpha value is -0.980. The lowest BCUT2D eigenvalue weighted by Gasteiger charge is -2.23. The summed E-state index contributed by atoms with van der Waals surface area (Å²) in [6.45, 7) is 0.629. The van der Waals surface area contributed by atoms with Gasteiger partial charge in [0.1, 0.15) is 18.4 Å². The van der Waals surface area contributed by atoms with E-state index in [-0.39, 0.29) is 30.0 Å². The highest BCUT2D eigenvalue weighted by atomic mass is 127. The van der Waals surface area contributed by atoms with Crippen molar-refractivity contribution >= 4 is 29.9 Å². The number of hydrogen-bond acceptors (Lipinski definition) is 2. The van der Waals surface area contributed by atoms with Crippen LogP contribution in [0.3, 0.4) is 0 Å². The monoisotopic (exact) mass is 361 g/mol. The maximum Gasteiger partial charge on any atom is 0.196 e. The first-order valence-corrected chi connectivity index (χ1v) is 5.73. The van der Waals surface area contributed by atoms with E-state index >= 15 is 0 Å². The highest BCUT2D eigenvalue weighted by Crippen LogP contribution is 2.34. The predicted octanol–water partition coefficient (Wildman–Crippen LogP) is 2.22. The van der Waals surface area contributed by atoms with Gasteiger partial charge in [-0.25, -0.2) is 4.99 Å². The molecule has 0 fully saturated rings. The highest BCUT2D eigenvalue weighted by Gasteiger charge is 2.24. The number of hydrogen-bond donors (Lipinski definition) is 0. The molecule has 1 aliphatic rings. The molecule has 0 spiro atoms. The minimum Gasteiger partial charge on any atom is -0.491 e. The fourth-order valence-corrected chi connectivity index (χ4v) is 2.02. The zero-order valence-corrected chi connectivity index (χ0v) is 13.6. The molecule has 100 valence electrons. The molecule has 0 bridgehead atoms. The first-order valence-electron chi connectivity index (χ1n) is 5.73. The first kappa shape index (κ1) is 15.1. The molecule has 18 heavy (non-hydrogen) atoms. The van der Waals surface area contributed by atoms with Gasteiger partial charge in [0, 0.05) is 33.8 Å². The van der Waals surface area contributed by atoms with Crippen molar-refractivity contribution in [3.8, 4) is 5.75 Å². The number of halogens is 1. The van der Waals surface area contributed by atoms with E-state index in [0.717, 1.165) is 11.7 Å². The van der Waals surface area contributed by atoms with Crippen LogP contribution in [-0.2, 0) is 0 Å². The van der Waals surface area contributed by atoms with E-state index in [2.05, 4.69) is 6.07 Å². The lowest BCUT2D eigenvalue weighted by molar-refractivity contribution is 0.331. The van der Waals surface area contributed by atoms with Gasteiger partial charge in [-0.05, 0) is 6.07 Å². The number of rotatable bonds is 1. The van der Waals surface area contributed by atoms with Crippen molar-refractivity contribution in [2.24, 2.45) is 4.99 Å². The van der Waals surface area contributed by atoms with Gasteiger partial charge < -0.3 is 14.5 Å². The molecule has 0 radical (unpaired) electrons. The summed E-state index contributed by atoms with van der Waals surface area (Å²) in [4.78, 5) is 8.79. The molecule has 5 heteroatoms. The van der Waals surface area contributed by atoms with Crippen LogP contribution in [0.2, 0.25) is 0 Å². The van der Waals surface area contributed by atoms with Crippen LogP contribution in [0.4, 0.5) is 0 Å². The number of nitrogens with zero attached hydrogens (tertiary/aromatic N) is 3. The summed E-state index contributed by atoms with van der Waals surface area (Å²) in [7, 11) is 8.00. The predicted molar refractivity (Wildman–Crippen MR) is 84.9 cm³/mol. The topological polar surface area (TPSA) is 28.1 Å². The average molecular weight is 361 g/mol. The summed E-state index contributed by atoms with van der Waals surface area (Å²) in [6.07, 6.45) is 0. The Balaban J connectivity index is 0.00000162. The van der Waals surface area contributed by atoms with E-state index in [9.17, 15) is 0 Å². The molecular formula is C13H20IN3O. The Labute approximate surface area is 126 Å². The lowest BCUT2D eigenvalue weighted by Crippen LogP contribution is -2.35. The third-order valence-corrected chi connectivity index (χ3v) is 2.75. The van der Waals surface area contributed by atoms with E-state index in [1.54, 1.807) is 0 Å². The second-order valence-corrected chi connectivity index (χ2v) is 4.58. The SMILES string of the molecule is CN(C)C(=NC1COc2ccccc21)N(C)C.I. The molecule has 0 N–H and O–H groups in total. The second-order valence-electron chi connectivity index (χ2n) is 4.58.